The Balaban J connectivity index is 1.74. The quantitative estimate of drug-likeness (QED) is 0.850. The number of aliphatic hydroxyl groups excluding tert-OH is 1. The molecule has 4 nitrogen and oxygen atoms in total. The van der Waals surface area contributed by atoms with Crippen molar-refractivity contribution in [1.82, 2.24) is 9.97 Å². The summed E-state index contributed by atoms with van der Waals surface area (Å²) in [6, 6.07) is 8.27. The summed E-state index contributed by atoms with van der Waals surface area (Å²) in [6.45, 7) is 0. The topological polar surface area (TPSA) is 58.0 Å². The zero-order valence-electron chi connectivity index (χ0n) is 10.2. The van der Waals surface area contributed by atoms with Crippen LogP contribution in [0.5, 0.6) is 0 Å². The van der Waals surface area contributed by atoms with Gasteiger partial charge < -0.3 is 10.4 Å². The molecule has 1 saturated carbocycles. The molecule has 0 spiro atoms. The first-order valence-corrected chi connectivity index (χ1v) is 6.47. The second kappa shape index (κ2) is 4.90. The van der Waals surface area contributed by atoms with Gasteiger partial charge in [-0.25, -0.2) is 4.98 Å². The number of rotatable bonds is 2. The number of hydrogen-bond donors (Lipinski definition) is 2. The van der Waals surface area contributed by atoms with Crippen LogP contribution in [0.3, 0.4) is 0 Å². The van der Waals surface area contributed by atoms with E-state index in [0.29, 0.717) is 6.04 Å². The van der Waals surface area contributed by atoms with Crippen LogP contribution in [0.4, 0.5) is 5.82 Å². The lowest BCUT2D eigenvalue weighted by atomic mass is 9.93. The van der Waals surface area contributed by atoms with Gasteiger partial charge in [-0.1, -0.05) is 12.1 Å². The largest absolute Gasteiger partial charge is 0.393 e. The Morgan fingerprint density at radius 3 is 2.56 bits per heavy atom. The SMILES string of the molecule is OC1CCC(Nc2cnc3ccccc3n2)CC1. The molecule has 1 aromatic heterocycles. The highest BCUT2D eigenvalue weighted by atomic mass is 16.3. The van der Waals surface area contributed by atoms with Gasteiger partial charge in [0.1, 0.15) is 5.82 Å². The first-order valence-electron chi connectivity index (χ1n) is 6.47. The first kappa shape index (κ1) is 11.4. The van der Waals surface area contributed by atoms with Crippen LogP contribution in [-0.2, 0) is 0 Å². The first-order chi connectivity index (χ1) is 8.81. The van der Waals surface area contributed by atoms with Crippen molar-refractivity contribution in [3.8, 4) is 0 Å². The van der Waals surface area contributed by atoms with E-state index in [1.165, 1.54) is 0 Å². The standard InChI is InChI=1S/C14H17N3O/c18-11-7-5-10(6-8-11)16-14-9-15-12-3-1-2-4-13(12)17-14/h1-4,9-11,18H,5-8H2,(H,16,17). The molecule has 0 radical (unpaired) electrons. The van der Waals surface area contributed by atoms with Gasteiger partial charge in [0.15, 0.2) is 0 Å². The number of hydrogen-bond acceptors (Lipinski definition) is 4. The van der Waals surface area contributed by atoms with Crippen molar-refractivity contribution < 1.29 is 5.11 Å². The predicted molar refractivity (Wildman–Crippen MR) is 71.4 cm³/mol. The molecule has 1 aromatic carbocycles. The Labute approximate surface area is 106 Å². The predicted octanol–water partition coefficient (Wildman–Crippen LogP) is 2.35. The summed E-state index contributed by atoms with van der Waals surface area (Å²) in [7, 11) is 0. The minimum atomic E-state index is -0.120. The highest BCUT2D eigenvalue weighted by molar-refractivity contribution is 5.75. The lowest BCUT2D eigenvalue weighted by Crippen LogP contribution is -2.28. The van der Waals surface area contributed by atoms with E-state index in [1.54, 1.807) is 6.20 Å². The third-order valence-electron chi connectivity index (χ3n) is 3.50. The van der Waals surface area contributed by atoms with Crippen LogP contribution in [0.25, 0.3) is 11.0 Å². The summed E-state index contributed by atoms with van der Waals surface area (Å²) in [5.74, 6) is 0.829. The second-order valence-corrected chi connectivity index (χ2v) is 4.89. The summed E-state index contributed by atoms with van der Waals surface area (Å²) in [6.07, 6.45) is 5.40. The van der Waals surface area contributed by atoms with Gasteiger partial charge in [-0.3, -0.25) is 4.98 Å². The number of para-hydroxylation sites is 2. The van der Waals surface area contributed by atoms with Gasteiger partial charge in [0, 0.05) is 6.04 Å². The fraction of sp³-hybridized carbons (Fsp3) is 0.429. The highest BCUT2D eigenvalue weighted by Crippen LogP contribution is 2.21. The molecule has 0 aliphatic heterocycles. The summed E-state index contributed by atoms with van der Waals surface area (Å²) in [4.78, 5) is 8.94. The van der Waals surface area contributed by atoms with Gasteiger partial charge in [-0.05, 0) is 37.8 Å². The number of anilines is 1. The molecule has 1 aliphatic rings. The normalized spacial score (nSPS) is 24.1. The molecule has 0 bridgehead atoms. The Hall–Kier alpha value is -1.68. The molecule has 1 fully saturated rings. The van der Waals surface area contributed by atoms with Crippen molar-refractivity contribution in [3.63, 3.8) is 0 Å². The van der Waals surface area contributed by atoms with Gasteiger partial charge in [0.05, 0.1) is 23.3 Å². The number of aliphatic hydroxyl groups is 1. The second-order valence-electron chi connectivity index (χ2n) is 4.89. The van der Waals surface area contributed by atoms with E-state index < -0.39 is 0 Å². The molecule has 4 heteroatoms. The van der Waals surface area contributed by atoms with E-state index in [0.717, 1.165) is 42.5 Å². The van der Waals surface area contributed by atoms with Crippen molar-refractivity contribution in [3.05, 3.63) is 30.5 Å². The van der Waals surface area contributed by atoms with Crippen LogP contribution in [0.15, 0.2) is 30.5 Å². The Morgan fingerprint density at radius 1 is 1.06 bits per heavy atom. The molecule has 2 aromatic rings. The average molecular weight is 243 g/mol. The van der Waals surface area contributed by atoms with Crippen LogP contribution in [-0.4, -0.2) is 27.2 Å². The van der Waals surface area contributed by atoms with E-state index in [4.69, 9.17) is 0 Å². The third-order valence-corrected chi connectivity index (χ3v) is 3.50. The maximum absolute atomic E-state index is 9.48. The average Bonchev–Trinajstić information content (AvgIpc) is 2.41. The molecule has 1 heterocycles. The fourth-order valence-electron chi connectivity index (χ4n) is 2.46. The molecule has 3 rings (SSSR count). The van der Waals surface area contributed by atoms with Gasteiger partial charge in [-0.15, -0.1) is 0 Å². The van der Waals surface area contributed by atoms with Crippen molar-refractivity contribution in [2.75, 3.05) is 5.32 Å². The molecular formula is C14H17N3O. The lowest BCUT2D eigenvalue weighted by molar-refractivity contribution is 0.126. The van der Waals surface area contributed by atoms with Gasteiger partial charge >= 0.3 is 0 Å². The number of benzene rings is 1. The molecule has 0 amide bonds. The van der Waals surface area contributed by atoms with E-state index in [9.17, 15) is 5.11 Å². The van der Waals surface area contributed by atoms with Gasteiger partial charge in [0.2, 0.25) is 0 Å². The summed E-state index contributed by atoms with van der Waals surface area (Å²) in [5.41, 5.74) is 1.83. The lowest BCUT2D eigenvalue weighted by Gasteiger charge is -2.26. The number of fused-ring (bicyclic) bond motifs is 1. The van der Waals surface area contributed by atoms with Crippen molar-refractivity contribution >= 4 is 16.9 Å². The van der Waals surface area contributed by atoms with Crippen molar-refractivity contribution in [2.24, 2.45) is 0 Å². The van der Waals surface area contributed by atoms with Crippen LogP contribution in [0.1, 0.15) is 25.7 Å². The Morgan fingerprint density at radius 2 is 1.78 bits per heavy atom. The number of aromatic nitrogens is 2. The fourth-order valence-corrected chi connectivity index (χ4v) is 2.46. The minimum absolute atomic E-state index is 0.120. The third kappa shape index (κ3) is 2.43. The molecule has 94 valence electrons. The van der Waals surface area contributed by atoms with Crippen molar-refractivity contribution in [1.29, 1.82) is 0 Å². The van der Waals surface area contributed by atoms with Crippen LogP contribution in [0, 0.1) is 0 Å². The molecule has 1 aliphatic carbocycles. The maximum atomic E-state index is 9.48. The van der Waals surface area contributed by atoms with Gasteiger partial charge in [0.25, 0.3) is 0 Å². The summed E-state index contributed by atoms with van der Waals surface area (Å²) < 4.78 is 0. The maximum Gasteiger partial charge on any atom is 0.145 e. The minimum Gasteiger partial charge on any atom is -0.393 e. The molecule has 0 saturated heterocycles. The molecule has 0 atom stereocenters. The smallest absolute Gasteiger partial charge is 0.145 e. The molecular weight excluding hydrogens is 226 g/mol. The zero-order valence-corrected chi connectivity index (χ0v) is 10.2. The van der Waals surface area contributed by atoms with Crippen LogP contribution < -0.4 is 5.32 Å². The molecule has 0 unspecified atom stereocenters. The van der Waals surface area contributed by atoms with Crippen LogP contribution in [0.2, 0.25) is 0 Å². The van der Waals surface area contributed by atoms with E-state index in [-0.39, 0.29) is 6.10 Å². The summed E-state index contributed by atoms with van der Waals surface area (Å²) >= 11 is 0. The van der Waals surface area contributed by atoms with E-state index >= 15 is 0 Å². The Kier molecular flexibility index (Phi) is 3.11. The summed E-state index contributed by atoms with van der Waals surface area (Å²) in [5, 5.41) is 12.9. The van der Waals surface area contributed by atoms with Crippen molar-refractivity contribution in [2.45, 2.75) is 37.8 Å². The molecule has 18 heavy (non-hydrogen) atoms. The number of nitrogens with zero attached hydrogens (tertiary/aromatic N) is 2. The van der Waals surface area contributed by atoms with Crippen LogP contribution >= 0.6 is 0 Å². The number of nitrogens with one attached hydrogen (secondary N) is 1. The monoisotopic (exact) mass is 243 g/mol. The highest BCUT2D eigenvalue weighted by Gasteiger charge is 2.19. The Bertz CT molecular complexity index is 535. The van der Waals surface area contributed by atoms with E-state index in [2.05, 4.69) is 15.3 Å². The molecule has 2 N–H and O–H groups in total. The van der Waals surface area contributed by atoms with Gasteiger partial charge in [-0.2, -0.15) is 0 Å². The zero-order chi connectivity index (χ0) is 12.4. The van der Waals surface area contributed by atoms with E-state index in [1.807, 2.05) is 24.3 Å².